The minimum absolute atomic E-state index is 0.0105. The highest BCUT2D eigenvalue weighted by Crippen LogP contribution is 2.32. The van der Waals surface area contributed by atoms with Gasteiger partial charge >= 0.3 is 6.18 Å². The third-order valence-electron chi connectivity index (χ3n) is 3.41. The van der Waals surface area contributed by atoms with Gasteiger partial charge in [-0.2, -0.15) is 13.2 Å². The highest BCUT2D eigenvalue weighted by atomic mass is 19.4. The molecule has 0 saturated heterocycles. The fraction of sp³-hybridized carbons (Fsp3) is 0.667. The van der Waals surface area contributed by atoms with E-state index >= 15 is 0 Å². The predicted molar refractivity (Wildman–Crippen MR) is 74.5 cm³/mol. The number of aryl methyl sites for hydroxylation is 1. The zero-order valence-corrected chi connectivity index (χ0v) is 12.5. The van der Waals surface area contributed by atoms with Crippen LogP contribution in [0.1, 0.15) is 45.2 Å². The van der Waals surface area contributed by atoms with Gasteiger partial charge in [-0.05, 0) is 36.4 Å². The molecule has 0 aromatic carbocycles. The van der Waals surface area contributed by atoms with Crippen LogP contribution in [0.5, 0.6) is 0 Å². The zero-order chi connectivity index (χ0) is 15.4. The van der Waals surface area contributed by atoms with Gasteiger partial charge in [-0.15, -0.1) is 0 Å². The predicted octanol–water partition coefficient (Wildman–Crippen LogP) is 4.06. The Balaban J connectivity index is 2.84. The minimum atomic E-state index is -4.31. The Labute approximate surface area is 118 Å². The summed E-state index contributed by atoms with van der Waals surface area (Å²) in [7, 11) is 0. The molecule has 5 heteroatoms. The van der Waals surface area contributed by atoms with Gasteiger partial charge in [0.25, 0.3) is 0 Å². The standard InChI is InChI=1S/C15H23F3N2/c1-5-20-13(14(2,3)4)7-6-11-10-19-9-8-12(11)15(16,17)18/h8-10,13,20H,5-7H2,1-4H3. The van der Waals surface area contributed by atoms with Crippen molar-refractivity contribution < 1.29 is 13.2 Å². The maximum atomic E-state index is 12.9. The van der Waals surface area contributed by atoms with Gasteiger partial charge in [0.2, 0.25) is 0 Å². The molecule has 114 valence electrons. The maximum Gasteiger partial charge on any atom is 0.416 e. The van der Waals surface area contributed by atoms with Crippen LogP contribution in [-0.2, 0) is 12.6 Å². The summed E-state index contributed by atoms with van der Waals surface area (Å²) in [5.74, 6) is 0. The van der Waals surface area contributed by atoms with Gasteiger partial charge in [-0.25, -0.2) is 0 Å². The lowest BCUT2D eigenvalue weighted by molar-refractivity contribution is -0.138. The molecule has 0 saturated carbocycles. The number of nitrogens with one attached hydrogen (secondary N) is 1. The van der Waals surface area contributed by atoms with E-state index in [1.54, 1.807) is 0 Å². The second-order valence-corrected chi connectivity index (χ2v) is 6.05. The Hall–Kier alpha value is -1.10. The van der Waals surface area contributed by atoms with Gasteiger partial charge in [0.15, 0.2) is 0 Å². The number of alkyl halides is 3. The molecule has 0 aliphatic rings. The first-order chi connectivity index (χ1) is 9.16. The van der Waals surface area contributed by atoms with Crippen LogP contribution in [0.3, 0.4) is 0 Å². The monoisotopic (exact) mass is 288 g/mol. The van der Waals surface area contributed by atoms with Gasteiger partial charge in [0, 0.05) is 18.4 Å². The van der Waals surface area contributed by atoms with Crippen molar-refractivity contribution in [2.75, 3.05) is 6.54 Å². The molecule has 1 atom stereocenters. The van der Waals surface area contributed by atoms with Crippen molar-refractivity contribution in [1.82, 2.24) is 10.3 Å². The summed E-state index contributed by atoms with van der Waals surface area (Å²) in [5, 5.41) is 3.35. The molecule has 0 spiro atoms. The van der Waals surface area contributed by atoms with Gasteiger partial charge in [0.05, 0.1) is 5.56 Å². The van der Waals surface area contributed by atoms with Crippen molar-refractivity contribution in [3.8, 4) is 0 Å². The van der Waals surface area contributed by atoms with Crippen LogP contribution >= 0.6 is 0 Å². The molecule has 1 N–H and O–H groups in total. The van der Waals surface area contributed by atoms with E-state index in [4.69, 9.17) is 0 Å². The lowest BCUT2D eigenvalue weighted by atomic mass is 9.83. The molecule has 1 aromatic heterocycles. The lowest BCUT2D eigenvalue weighted by Crippen LogP contribution is -2.40. The topological polar surface area (TPSA) is 24.9 Å². The van der Waals surface area contributed by atoms with E-state index in [0.717, 1.165) is 12.6 Å². The number of nitrogens with zero attached hydrogens (tertiary/aromatic N) is 1. The summed E-state index contributed by atoms with van der Waals surface area (Å²) < 4.78 is 38.7. The number of halogens is 3. The largest absolute Gasteiger partial charge is 0.416 e. The smallest absolute Gasteiger partial charge is 0.314 e. The summed E-state index contributed by atoms with van der Waals surface area (Å²) in [6, 6.07) is 1.23. The molecule has 0 aliphatic carbocycles. The summed E-state index contributed by atoms with van der Waals surface area (Å²) in [6.07, 6.45) is -0.760. The van der Waals surface area contributed by atoms with Crippen LogP contribution in [-0.4, -0.2) is 17.6 Å². The van der Waals surface area contributed by atoms with Crippen molar-refractivity contribution in [3.05, 3.63) is 29.6 Å². The third kappa shape index (κ3) is 4.78. The minimum Gasteiger partial charge on any atom is -0.314 e. The van der Waals surface area contributed by atoms with E-state index in [9.17, 15) is 13.2 Å². The SMILES string of the molecule is CCNC(CCc1cnccc1C(F)(F)F)C(C)(C)C. The van der Waals surface area contributed by atoms with Gasteiger partial charge in [-0.1, -0.05) is 27.7 Å². The molecule has 1 heterocycles. The highest BCUT2D eigenvalue weighted by Gasteiger charge is 2.33. The van der Waals surface area contributed by atoms with Gasteiger partial charge < -0.3 is 5.32 Å². The van der Waals surface area contributed by atoms with Crippen LogP contribution in [0.15, 0.2) is 18.5 Å². The quantitative estimate of drug-likeness (QED) is 0.884. The summed E-state index contributed by atoms with van der Waals surface area (Å²) in [6.45, 7) is 9.09. The summed E-state index contributed by atoms with van der Waals surface area (Å²) in [5.41, 5.74) is -0.291. The molecule has 0 bridgehead atoms. The first-order valence-electron chi connectivity index (χ1n) is 6.89. The van der Waals surface area contributed by atoms with Crippen LogP contribution in [0.4, 0.5) is 13.2 Å². The molecule has 1 aromatic rings. The van der Waals surface area contributed by atoms with E-state index in [0.29, 0.717) is 12.8 Å². The molecular weight excluding hydrogens is 265 g/mol. The van der Waals surface area contributed by atoms with E-state index in [-0.39, 0.29) is 17.0 Å². The second-order valence-electron chi connectivity index (χ2n) is 6.05. The second kappa shape index (κ2) is 6.57. The molecular formula is C15H23F3N2. The lowest BCUT2D eigenvalue weighted by Gasteiger charge is -2.31. The van der Waals surface area contributed by atoms with E-state index in [1.807, 2.05) is 6.92 Å². The molecule has 20 heavy (non-hydrogen) atoms. The summed E-state index contributed by atoms with van der Waals surface area (Å²) >= 11 is 0. The van der Waals surface area contributed by atoms with E-state index < -0.39 is 11.7 Å². The van der Waals surface area contributed by atoms with Gasteiger partial charge in [-0.3, -0.25) is 4.98 Å². The van der Waals surface area contributed by atoms with Crippen molar-refractivity contribution in [3.63, 3.8) is 0 Å². The van der Waals surface area contributed by atoms with Crippen LogP contribution in [0, 0.1) is 5.41 Å². The fourth-order valence-electron chi connectivity index (χ4n) is 2.29. The zero-order valence-electron chi connectivity index (χ0n) is 12.5. The van der Waals surface area contributed by atoms with Crippen molar-refractivity contribution in [1.29, 1.82) is 0 Å². The number of aromatic nitrogens is 1. The molecule has 1 rings (SSSR count). The fourth-order valence-corrected chi connectivity index (χ4v) is 2.29. The highest BCUT2D eigenvalue weighted by molar-refractivity contribution is 5.26. The average Bonchev–Trinajstić information content (AvgIpc) is 2.32. The number of rotatable bonds is 5. The molecule has 0 amide bonds. The van der Waals surface area contributed by atoms with E-state index in [2.05, 4.69) is 31.1 Å². The molecule has 2 nitrogen and oxygen atoms in total. The number of hydrogen-bond acceptors (Lipinski definition) is 2. The first kappa shape index (κ1) is 17.0. The van der Waals surface area contributed by atoms with E-state index in [1.165, 1.54) is 12.4 Å². The Morgan fingerprint density at radius 3 is 2.40 bits per heavy atom. The first-order valence-corrected chi connectivity index (χ1v) is 6.89. The number of hydrogen-bond donors (Lipinski definition) is 1. The maximum absolute atomic E-state index is 12.9. The number of pyridine rings is 1. The van der Waals surface area contributed by atoms with Crippen molar-refractivity contribution in [2.45, 2.75) is 52.8 Å². The Bertz CT molecular complexity index is 422. The Morgan fingerprint density at radius 1 is 1.25 bits per heavy atom. The van der Waals surface area contributed by atoms with Crippen LogP contribution < -0.4 is 5.32 Å². The molecule has 0 fully saturated rings. The Kier molecular flexibility index (Phi) is 5.57. The Morgan fingerprint density at radius 2 is 1.90 bits per heavy atom. The van der Waals surface area contributed by atoms with Crippen LogP contribution in [0.25, 0.3) is 0 Å². The van der Waals surface area contributed by atoms with Crippen molar-refractivity contribution in [2.24, 2.45) is 5.41 Å². The van der Waals surface area contributed by atoms with Crippen molar-refractivity contribution >= 4 is 0 Å². The van der Waals surface area contributed by atoms with Gasteiger partial charge in [0.1, 0.15) is 0 Å². The normalized spacial score (nSPS) is 14.3. The molecule has 0 radical (unpaired) electrons. The average molecular weight is 288 g/mol. The molecule has 1 unspecified atom stereocenters. The van der Waals surface area contributed by atoms with Crippen LogP contribution in [0.2, 0.25) is 0 Å². The third-order valence-corrected chi connectivity index (χ3v) is 3.41. The summed E-state index contributed by atoms with van der Waals surface area (Å²) in [4.78, 5) is 3.82. The molecule has 0 aliphatic heterocycles.